The zero-order valence-electron chi connectivity index (χ0n) is 16.4. The van der Waals surface area contributed by atoms with Crippen LogP contribution in [0.1, 0.15) is 37.8 Å². The summed E-state index contributed by atoms with van der Waals surface area (Å²) in [6, 6.07) is 3.32. The van der Waals surface area contributed by atoms with Crippen LogP contribution in [0.3, 0.4) is 0 Å². The van der Waals surface area contributed by atoms with E-state index in [-0.39, 0.29) is 11.4 Å². The van der Waals surface area contributed by atoms with Gasteiger partial charge < -0.3 is 16.4 Å². The van der Waals surface area contributed by atoms with E-state index in [2.05, 4.69) is 10.6 Å². The van der Waals surface area contributed by atoms with Gasteiger partial charge in [-0.3, -0.25) is 15.0 Å². The molecule has 0 saturated heterocycles. The number of nitrogens with one attached hydrogen (secondary N) is 3. The van der Waals surface area contributed by atoms with Crippen molar-refractivity contribution in [3.63, 3.8) is 0 Å². The number of allylic oxidation sites excluding steroid dienone is 3. The summed E-state index contributed by atoms with van der Waals surface area (Å²) in [7, 11) is -5.51. The van der Waals surface area contributed by atoms with Gasteiger partial charge in [0.05, 0.1) is 10.9 Å². The predicted octanol–water partition coefficient (Wildman–Crippen LogP) is 2.20. The number of carbonyl (C=O) groups excluding carboxylic acids is 2. The van der Waals surface area contributed by atoms with Gasteiger partial charge in [-0.1, -0.05) is 18.2 Å². The first-order valence-electron chi connectivity index (χ1n) is 9.06. The summed E-state index contributed by atoms with van der Waals surface area (Å²) in [5.74, 6) is -1.34. The highest BCUT2D eigenvalue weighted by molar-refractivity contribution is 7.92. The van der Waals surface area contributed by atoms with Gasteiger partial charge in [-0.25, -0.2) is 8.42 Å². The lowest BCUT2D eigenvalue weighted by Gasteiger charge is -2.17. The van der Waals surface area contributed by atoms with Crippen LogP contribution in [-0.2, 0) is 19.4 Å². The number of halogens is 3. The average molecular weight is 458 g/mol. The molecule has 168 valence electrons. The van der Waals surface area contributed by atoms with E-state index in [1.54, 1.807) is 12.2 Å². The standard InChI is InChI=1S/C19H21F3N4O4S/c1-11(13-3-2-4-15(9-13)31(29,30)19(20,21)22)25-16(27)10-17(28)26-14-7-5-12(6-8-14)18(23)24/h2-5,7,9,11H,6,8,10H2,1H3,(H3,23,24)(H,25,27)(H,26,28)/t11-/m0/s1. The molecule has 5 N–H and O–H groups in total. The van der Waals surface area contributed by atoms with E-state index in [0.29, 0.717) is 24.1 Å². The van der Waals surface area contributed by atoms with Crippen molar-refractivity contribution in [1.82, 2.24) is 10.6 Å². The number of amidine groups is 1. The van der Waals surface area contributed by atoms with Crippen molar-refractivity contribution in [3.8, 4) is 0 Å². The van der Waals surface area contributed by atoms with Crippen LogP contribution in [0, 0.1) is 5.41 Å². The zero-order valence-corrected chi connectivity index (χ0v) is 17.2. The number of sulfone groups is 1. The van der Waals surface area contributed by atoms with Crippen LogP contribution < -0.4 is 16.4 Å². The minimum absolute atomic E-state index is 0.0536. The summed E-state index contributed by atoms with van der Waals surface area (Å²) in [4.78, 5) is 23.2. The second kappa shape index (κ2) is 9.33. The molecule has 1 aliphatic carbocycles. The molecule has 0 spiro atoms. The third-order valence-corrected chi connectivity index (χ3v) is 5.95. The molecule has 2 rings (SSSR count). The van der Waals surface area contributed by atoms with Crippen molar-refractivity contribution < 1.29 is 31.2 Å². The van der Waals surface area contributed by atoms with Crippen LogP contribution in [0.15, 0.2) is 52.6 Å². The monoisotopic (exact) mass is 458 g/mol. The Labute approximate surface area is 176 Å². The van der Waals surface area contributed by atoms with E-state index >= 15 is 0 Å². The van der Waals surface area contributed by atoms with Crippen molar-refractivity contribution in [2.45, 2.75) is 42.6 Å². The summed E-state index contributed by atoms with van der Waals surface area (Å²) >= 11 is 0. The SMILES string of the molecule is C[C@H](NC(=O)CC(=O)NC1=CC=C(C(=N)N)CC1)c1cccc(S(=O)(=O)C(F)(F)F)c1. The Balaban J connectivity index is 1.98. The largest absolute Gasteiger partial charge is 0.501 e. The lowest BCUT2D eigenvalue weighted by Crippen LogP contribution is -2.33. The fourth-order valence-electron chi connectivity index (χ4n) is 2.80. The first-order chi connectivity index (χ1) is 14.3. The summed E-state index contributed by atoms with van der Waals surface area (Å²) in [5, 5.41) is 12.4. The number of carbonyl (C=O) groups is 2. The Kier molecular flexibility index (Phi) is 7.26. The maximum absolute atomic E-state index is 12.7. The molecule has 0 aliphatic heterocycles. The molecule has 0 radical (unpaired) electrons. The molecule has 0 unspecified atom stereocenters. The molecular formula is C19H21F3N4O4S. The van der Waals surface area contributed by atoms with E-state index in [1.807, 2.05) is 0 Å². The lowest BCUT2D eigenvalue weighted by molar-refractivity contribution is -0.129. The quantitative estimate of drug-likeness (QED) is 0.282. The second-order valence-electron chi connectivity index (χ2n) is 6.83. The number of hydrogen-bond donors (Lipinski definition) is 4. The van der Waals surface area contributed by atoms with Crippen molar-refractivity contribution in [2.24, 2.45) is 5.73 Å². The number of benzene rings is 1. The molecule has 8 nitrogen and oxygen atoms in total. The normalized spacial score (nSPS) is 15.4. The topological polar surface area (TPSA) is 142 Å². The number of amides is 2. The van der Waals surface area contributed by atoms with Crippen LogP contribution in [-0.4, -0.2) is 31.6 Å². The van der Waals surface area contributed by atoms with Crippen molar-refractivity contribution >= 4 is 27.5 Å². The first kappa shape index (κ1) is 24.1. The minimum atomic E-state index is -5.51. The van der Waals surface area contributed by atoms with E-state index in [4.69, 9.17) is 11.1 Å². The molecule has 0 aromatic heterocycles. The number of alkyl halides is 3. The highest BCUT2D eigenvalue weighted by Gasteiger charge is 2.46. The molecule has 1 atom stereocenters. The number of nitrogens with two attached hydrogens (primary N) is 1. The molecule has 0 fully saturated rings. The fraction of sp³-hybridized carbons (Fsp3) is 0.316. The number of rotatable bonds is 7. The predicted molar refractivity (Wildman–Crippen MR) is 106 cm³/mol. The van der Waals surface area contributed by atoms with Gasteiger partial charge in [0.25, 0.3) is 9.84 Å². The van der Waals surface area contributed by atoms with Crippen molar-refractivity contribution in [3.05, 3.63) is 53.3 Å². The van der Waals surface area contributed by atoms with Gasteiger partial charge in [0.15, 0.2) is 0 Å². The molecule has 2 amide bonds. The van der Waals surface area contributed by atoms with Gasteiger partial charge in [-0.05, 0) is 49.1 Å². The molecule has 0 heterocycles. The van der Waals surface area contributed by atoms with E-state index in [9.17, 15) is 31.2 Å². The molecule has 1 aliphatic rings. The molecule has 1 aromatic carbocycles. The second-order valence-corrected chi connectivity index (χ2v) is 8.77. The van der Waals surface area contributed by atoms with E-state index in [1.165, 1.54) is 13.0 Å². The summed E-state index contributed by atoms with van der Waals surface area (Å²) in [6.45, 7) is 1.45. The Hall–Kier alpha value is -3.15. The van der Waals surface area contributed by atoms with Crippen molar-refractivity contribution in [1.29, 1.82) is 5.41 Å². The third kappa shape index (κ3) is 6.17. The molecule has 0 saturated carbocycles. The summed E-state index contributed by atoms with van der Waals surface area (Å²) in [6.07, 6.45) is 3.57. The van der Waals surface area contributed by atoms with Crippen molar-refractivity contribution in [2.75, 3.05) is 0 Å². The molecule has 31 heavy (non-hydrogen) atoms. The molecular weight excluding hydrogens is 437 g/mol. The fourth-order valence-corrected chi connectivity index (χ4v) is 3.61. The van der Waals surface area contributed by atoms with Crippen LogP contribution >= 0.6 is 0 Å². The van der Waals surface area contributed by atoms with Gasteiger partial charge in [-0.2, -0.15) is 13.2 Å². The third-order valence-electron chi connectivity index (χ3n) is 4.47. The lowest BCUT2D eigenvalue weighted by atomic mass is 10.0. The first-order valence-corrected chi connectivity index (χ1v) is 10.5. The number of hydrogen-bond acceptors (Lipinski definition) is 5. The van der Waals surface area contributed by atoms with Gasteiger partial charge in [0, 0.05) is 5.70 Å². The van der Waals surface area contributed by atoms with Gasteiger partial charge in [0.2, 0.25) is 11.8 Å². The molecule has 12 heteroatoms. The van der Waals surface area contributed by atoms with E-state index in [0.717, 1.165) is 18.2 Å². The van der Waals surface area contributed by atoms with E-state index < -0.39 is 44.5 Å². The zero-order chi connectivity index (χ0) is 23.4. The van der Waals surface area contributed by atoms with Gasteiger partial charge >= 0.3 is 5.51 Å². The Bertz CT molecular complexity index is 1060. The highest BCUT2D eigenvalue weighted by atomic mass is 32.2. The molecule has 1 aromatic rings. The average Bonchev–Trinajstić information content (AvgIpc) is 2.67. The Morgan fingerprint density at radius 1 is 1.19 bits per heavy atom. The maximum Gasteiger partial charge on any atom is 0.501 e. The van der Waals surface area contributed by atoms with Crippen LogP contribution in [0.5, 0.6) is 0 Å². The summed E-state index contributed by atoms with van der Waals surface area (Å²) < 4.78 is 61.3. The highest BCUT2D eigenvalue weighted by Crippen LogP contribution is 2.31. The van der Waals surface area contributed by atoms with Crippen LogP contribution in [0.2, 0.25) is 0 Å². The minimum Gasteiger partial charge on any atom is -0.384 e. The molecule has 0 bridgehead atoms. The van der Waals surface area contributed by atoms with Gasteiger partial charge in [-0.15, -0.1) is 0 Å². The summed E-state index contributed by atoms with van der Waals surface area (Å²) in [5.41, 5.74) is 1.27. The maximum atomic E-state index is 12.7. The Morgan fingerprint density at radius 2 is 1.87 bits per heavy atom. The Morgan fingerprint density at radius 3 is 2.42 bits per heavy atom. The van der Waals surface area contributed by atoms with Gasteiger partial charge in [0.1, 0.15) is 12.3 Å². The smallest absolute Gasteiger partial charge is 0.384 e. The van der Waals surface area contributed by atoms with Crippen LogP contribution in [0.25, 0.3) is 0 Å². The van der Waals surface area contributed by atoms with Crippen LogP contribution in [0.4, 0.5) is 13.2 Å².